The van der Waals surface area contributed by atoms with Crippen LogP contribution in [0.1, 0.15) is 45.8 Å². The van der Waals surface area contributed by atoms with Crippen LogP contribution in [0.15, 0.2) is 42.6 Å². The lowest BCUT2D eigenvalue weighted by Crippen LogP contribution is -2.31. The zero-order valence-corrected chi connectivity index (χ0v) is 17.3. The molecule has 0 unspecified atom stereocenters. The van der Waals surface area contributed by atoms with Crippen LogP contribution in [0.3, 0.4) is 0 Å². The maximum absolute atomic E-state index is 12.8. The van der Waals surface area contributed by atoms with Gasteiger partial charge in [-0.15, -0.1) is 5.10 Å². The fourth-order valence-corrected chi connectivity index (χ4v) is 4.53. The summed E-state index contributed by atoms with van der Waals surface area (Å²) < 4.78 is 1.84. The summed E-state index contributed by atoms with van der Waals surface area (Å²) in [6.07, 6.45) is 4.92. The number of hydrogen-bond donors (Lipinski definition) is 0. The molecule has 3 aromatic rings. The molecule has 1 fully saturated rings. The Morgan fingerprint density at radius 2 is 1.93 bits per heavy atom. The number of likely N-dealkylation sites (tertiary alicyclic amines) is 1. The average Bonchev–Trinajstić information content (AvgIpc) is 3.44. The Labute approximate surface area is 176 Å². The molecule has 1 saturated heterocycles. The van der Waals surface area contributed by atoms with E-state index >= 15 is 0 Å². The van der Waals surface area contributed by atoms with Crippen molar-refractivity contribution in [3.63, 3.8) is 0 Å². The van der Waals surface area contributed by atoms with E-state index in [2.05, 4.69) is 44.5 Å². The predicted molar refractivity (Wildman–Crippen MR) is 113 cm³/mol. The van der Waals surface area contributed by atoms with Crippen molar-refractivity contribution < 1.29 is 4.79 Å². The molecule has 0 saturated carbocycles. The molecule has 2 aromatic heterocycles. The van der Waals surface area contributed by atoms with E-state index in [1.807, 2.05) is 34.8 Å². The number of rotatable bonds is 4. The average molecular weight is 403 g/mol. The quantitative estimate of drug-likeness (QED) is 0.671. The molecule has 0 aliphatic carbocycles. The van der Waals surface area contributed by atoms with Crippen molar-refractivity contribution in [1.29, 1.82) is 0 Å². The largest absolute Gasteiger partial charge is 0.337 e. The highest BCUT2D eigenvalue weighted by Crippen LogP contribution is 2.27. The molecule has 0 bridgehead atoms. The molecule has 7 heteroatoms. The number of carbonyl (C=O) groups excluding carboxylic acids is 1. The second-order valence-electron chi connectivity index (χ2n) is 8.13. The number of carbonyl (C=O) groups is 1. The lowest BCUT2D eigenvalue weighted by atomic mass is 9.97. The van der Waals surface area contributed by atoms with Crippen LogP contribution in [0.2, 0.25) is 0 Å². The molecule has 2 aliphatic heterocycles. The topological polar surface area (TPSA) is 67.2 Å². The predicted octanol–water partition coefficient (Wildman–Crippen LogP) is 2.77. The Kier molecular flexibility index (Phi) is 5.04. The highest BCUT2D eigenvalue weighted by Gasteiger charge is 2.27. The van der Waals surface area contributed by atoms with Crippen LogP contribution in [0, 0.1) is 6.92 Å². The number of pyridine rings is 1. The molecule has 0 N–H and O–H groups in total. The summed E-state index contributed by atoms with van der Waals surface area (Å²) in [6, 6.07) is 12.4. The first-order valence-corrected chi connectivity index (χ1v) is 10.7. The van der Waals surface area contributed by atoms with Crippen molar-refractivity contribution in [3.8, 4) is 5.69 Å². The first kappa shape index (κ1) is 18.9. The van der Waals surface area contributed by atoms with Gasteiger partial charge in [-0.05, 0) is 55.5 Å². The van der Waals surface area contributed by atoms with Gasteiger partial charge in [-0.3, -0.25) is 14.7 Å². The minimum Gasteiger partial charge on any atom is -0.337 e. The van der Waals surface area contributed by atoms with E-state index < -0.39 is 0 Å². The minimum absolute atomic E-state index is 0.00239. The lowest BCUT2D eigenvalue weighted by Gasteiger charge is -2.29. The molecule has 2 aliphatic rings. The maximum Gasteiger partial charge on any atom is 0.276 e. The number of nitrogens with zero attached hydrogens (tertiary/aromatic N) is 6. The zero-order chi connectivity index (χ0) is 20.5. The van der Waals surface area contributed by atoms with E-state index in [-0.39, 0.29) is 5.91 Å². The van der Waals surface area contributed by atoms with Gasteiger partial charge in [-0.1, -0.05) is 23.4 Å². The smallest absolute Gasteiger partial charge is 0.276 e. The second-order valence-corrected chi connectivity index (χ2v) is 8.13. The van der Waals surface area contributed by atoms with Crippen molar-refractivity contribution in [2.24, 2.45) is 0 Å². The van der Waals surface area contributed by atoms with Crippen molar-refractivity contribution in [2.75, 3.05) is 19.6 Å². The third-order valence-electron chi connectivity index (χ3n) is 6.15. The molecule has 0 spiro atoms. The summed E-state index contributed by atoms with van der Waals surface area (Å²) in [5.41, 5.74) is 6.02. The van der Waals surface area contributed by atoms with E-state index in [4.69, 9.17) is 0 Å². The van der Waals surface area contributed by atoms with Gasteiger partial charge in [0.25, 0.3) is 5.91 Å². The van der Waals surface area contributed by atoms with Gasteiger partial charge < -0.3 is 4.90 Å². The standard InChI is InChI=1S/C23H26N6O/c1-17-22(23(30)28-12-4-5-13-28)25-26-29(17)21-9-6-7-18-15-27(14-10-20(18)21)16-19-8-2-3-11-24-19/h2-3,6-9,11H,4-5,10,12-16H2,1H3. The normalized spacial score (nSPS) is 16.6. The van der Waals surface area contributed by atoms with Crippen LogP contribution >= 0.6 is 0 Å². The second kappa shape index (κ2) is 7.99. The fraction of sp³-hybridized carbons (Fsp3) is 0.391. The molecule has 1 amide bonds. The summed E-state index contributed by atoms with van der Waals surface area (Å²) in [7, 11) is 0. The monoisotopic (exact) mass is 402 g/mol. The maximum atomic E-state index is 12.8. The van der Waals surface area contributed by atoms with Gasteiger partial charge in [0.15, 0.2) is 5.69 Å². The third kappa shape index (κ3) is 3.50. The van der Waals surface area contributed by atoms with Gasteiger partial charge in [-0.2, -0.15) is 0 Å². The van der Waals surface area contributed by atoms with E-state index in [0.717, 1.165) is 69.1 Å². The highest BCUT2D eigenvalue weighted by molar-refractivity contribution is 5.93. The number of benzene rings is 1. The van der Waals surface area contributed by atoms with Crippen LogP contribution in [-0.4, -0.2) is 55.3 Å². The Morgan fingerprint density at radius 3 is 2.73 bits per heavy atom. The van der Waals surface area contributed by atoms with Crippen LogP contribution in [-0.2, 0) is 19.5 Å². The first-order valence-electron chi connectivity index (χ1n) is 10.7. The minimum atomic E-state index is 0.00239. The summed E-state index contributed by atoms with van der Waals surface area (Å²) in [6.45, 7) is 6.27. The van der Waals surface area contributed by atoms with Crippen LogP contribution in [0.5, 0.6) is 0 Å². The summed E-state index contributed by atoms with van der Waals surface area (Å²) in [5.74, 6) is 0.00239. The van der Waals surface area contributed by atoms with Gasteiger partial charge in [0.05, 0.1) is 17.1 Å². The molecule has 154 valence electrons. The van der Waals surface area contributed by atoms with Crippen LogP contribution in [0.4, 0.5) is 0 Å². The van der Waals surface area contributed by atoms with Gasteiger partial charge >= 0.3 is 0 Å². The van der Waals surface area contributed by atoms with E-state index in [0.29, 0.717) is 5.69 Å². The number of fused-ring (bicyclic) bond motifs is 1. The van der Waals surface area contributed by atoms with Crippen LogP contribution < -0.4 is 0 Å². The van der Waals surface area contributed by atoms with Crippen LogP contribution in [0.25, 0.3) is 5.69 Å². The number of aromatic nitrogens is 4. The Bertz CT molecular complexity index is 1050. The summed E-state index contributed by atoms with van der Waals surface area (Å²) >= 11 is 0. The molecular formula is C23H26N6O. The Hall–Kier alpha value is -3.06. The van der Waals surface area contributed by atoms with Gasteiger partial charge in [0.1, 0.15) is 0 Å². The first-order chi connectivity index (χ1) is 14.7. The lowest BCUT2D eigenvalue weighted by molar-refractivity contribution is 0.0786. The Balaban J connectivity index is 1.40. The molecule has 0 radical (unpaired) electrons. The Morgan fingerprint density at radius 1 is 1.07 bits per heavy atom. The van der Waals surface area contributed by atoms with E-state index in [9.17, 15) is 4.79 Å². The fourth-order valence-electron chi connectivity index (χ4n) is 4.53. The van der Waals surface area contributed by atoms with Crippen molar-refractivity contribution in [1.82, 2.24) is 29.8 Å². The SMILES string of the molecule is Cc1c(C(=O)N2CCCC2)nnn1-c1cccc2c1CCN(Cc1ccccn1)C2. The molecule has 30 heavy (non-hydrogen) atoms. The van der Waals surface area contributed by atoms with Gasteiger partial charge in [0, 0.05) is 38.9 Å². The summed E-state index contributed by atoms with van der Waals surface area (Å²) in [4.78, 5) is 21.6. The van der Waals surface area contributed by atoms with Gasteiger partial charge in [0.2, 0.25) is 0 Å². The molecule has 7 nitrogen and oxygen atoms in total. The zero-order valence-electron chi connectivity index (χ0n) is 17.3. The molecular weight excluding hydrogens is 376 g/mol. The number of amides is 1. The van der Waals surface area contributed by atoms with E-state index in [1.54, 1.807) is 0 Å². The third-order valence-corrected chi connectivity index (χ3v) is 6.15. The van der Waals surface area contributed by atoms with Crippen molar-refractivity contribution in [3.05, 3.63) is 70.8 Å². The van der Waals surface area contributed by atoms with E-state index in [1.165, 1.54) is 11.1 Å². The number of hydrogen-bond acceptors (Lipinski definition) is 5. The molecule has 4 heterocycles. The molecule has 1 aromatic carbocycles. The molecule has 5 rings (SSSR count). The van der Waals surface area contributed by atoms with Crippen molar-refractivity contribution >= 4 is 5.91 Å². The molecule has 0 atom stereocenters. The van der Waals surface area contributed by atoms with Gasteiger partial charge in [-0.25, -0.2) is 4.68 Å². The highest BCUT2D eigenvalue weighted by atomic mass is 16.2. The van der Waals surface area contributed by atoms with Crippen molar-refractivity contribution in [2.45, 2.75) is 39.3 Å². The summed E-state index contributed by atoms with van der Waals surface area (Å²) in [5, 5.41) is 8.63.